The molecule has 0 saturated carbocycles. The molecule has 3 atom stereocenters. The Morgan fingerprint density at radius 3 is 2.57 bits per heavy atom. The van der Waals surface area contributed by atoms with Crippen LogP contribution in [0.15, 0.2) is 0 Å². The third-order valence-corrected chi connectivity index (χ3v) is 4.02. The lowest BCUT2D eigenvalue weighted by molar-refractivity contribution is -0.140. The average molecular weight is 299 g/mol. The summed E-state index contributed by atoms with van der Waals surface area (Å²) in [4.78, 5) is 37.6. The van der Waals surface area contributed by atoms with E-state index >= 15 is 0 Å². The number of hydrogen-bond acceptors (Lipinski definition) is 4. The Labute approximate surface area is 125 Å². The van der Waals surface area contributed by atoms with Crippen LogP contribution in [-0.4, -0.2) is 55.6 Å². The van der Waals surface area contributed by atoms with Crippen LogP contribution in [0.1, 0.15) is 33.1 Å². The van der Waals surface area contributed by atoms with E-state index in [1.165, 1.54) is 7.11 Å². The summed E-state index contributed by atoms with van der Waals surface area (Å²) >= 11 is 0. The highest BCUT2D eigenvalue weighted by atomic mass is 16.5. The van der Waals surface area contributed by atoms with Crippen molar-refractivity contribution in [2.45, 2.75) is 45.2 Å². The third kappa shape index (κ3) is 4.09. The first kappa shape index (κ1) is 17.3. The lowest BCUT2D eigenvalue weighted by Gasteiger charge is -2.30. The second-order valence-corrected chi connectivity index (χ2v) is 5.30. The van der Waals surface area contributed by atoms with E-state index in [0.29, 0.717) is 13.0 Å². The molecule has 0 radical (unpaired) electrons. The van der Waals surface area contributed by atoms with Gasteiger partial charge in [0.2, 0.25) is 11.8 Å². The van der Waals surface area contributed by atoms with Crippen LogP contribution in [-0.2, 0) is 14.3 Å². The van der Waals surface area contributed by atoms with Crippen LogP contribution in [0.25, 0.3) is 0 Å². The van der Waals surface area contributed by atoms with E-state index in [0.717, 1.165) is 12.8 Å². The smallest absolute Gasteiger partial charge is 0.407 e. The Kier molecular flexibility index (Phi) is 6.45. The summed E-state index contributed by atoms with van der Waals surface area (Å²) in [6.45, 7) is 4.38. The first-order chi connectivity index (χ1) is 9.96. The number of hydrogen-bond donors (Lipinski definition) is 2. The van der Waals surface area contributed by atoms with Gasteiger partial charge in [-0.25, -0.2) is 4.79 Å². The van der Waals surface area contributed by atoms with Crippen molar-refractivity contribution in [3.8, 4) is 0 Å². The molecule has 7 heteroatoms. The van der Waals surface area contributed by atoms with Crippen LogP contribution in [0.4, 0.5) is 4.79 Å². The molecule has 0 bridgehead atoms. The van der Waals surface area contributed by atoms with Crippen molar-refractivity contribution in [2.75, 3.05) is 20.7 Å². The van der Waals surface area contributed by atoms with Gasteiger partial charge < -0.3 is 20.3 Å². The van der Waals surface area contributed by atoms with Gasteiger partial charge in [-0.05, 0) is 18.8 Å². The van der Waals surface area contributed by atoms with Crippen molar-refractivity contribution < 1.29 is 19.1 Å². The van der Waals surface area contributed by atoms with Gasteiger partial charge in [0.05, 0.1) is 7.11 Å². The molecule has 0 aromatic rings. The van der Waals surface area contributed by atoms with Crippen molar-refractivity contribution in [1.29, 1.82) is 0 Å². The normalized spacial score (nSPS) is 20.6. The summed E-state index contributed by atoms with van der Waals surface area (Å²) in [7, 11) is 2.82. The van der Waals surface area contributed by atoms with Gasteiger partial charge in [-0.15, -0.1) is 0 Å². The van der Waals surface area contributed by atoms with Gasteiger partial charge in [-0.2, -0.15) is 0 Å². The number of ether oxygens (including phenoxy) is 1. The number of likely N-dealkylation sites (tertiary alicyclic amines) is 1. The van der Waals surface area contributed by atoms with Gasteiger partial charge in [-0.1, -0.05) is 20.3 Å². The summed E-state index contributed by atoms with van der Waals surface area (Å²) in [5, 5.41) is 5.17. The fourth-order valence-corrected chi connectivity index (χ4v) is 2.52. The topological polar surface area (TPSA) is 87.7 Å². The minimum absolute atomic E-state index is 0.0393. The van der Waals surface area contributed by atoms with E-state index in [1.807, 2.05) is 13.8 Å². The molecule has 0 aliphatic carbocycles. The molecule has 21 heavy (non-hydrogen) atoms. The van der Waals surface area contributed by atoms with Crippen LogP contribution < -0.4 is 10.6 Å². The second kappa shape index (κ2) is 7.85. The molecule has 0 aromatic carbocycles. The predicted molar refractivity (Wildman–Crippen MR) is 77.6 cm³/mol. The van der Waals surface area contributed by atoms with Crippen molar-refractivity contribution in [3.05, 3.63) is 0 Å². The number of amides is 3. The molecule has 1 fully saturated rings. The Balaban J connectivity index is 2.88. The molecule has 3 amide bonds. The zero-order valence-electron chi connectivity index (χ0n) is 13.1. The molecular weight excluding hydrogens is 274 g/mol. The first-order valence-corrected chi connectivity index (χ1v) is 7.32. The summed E-state index contributed by atoms with van der Waals surface area (Å²) in [5.41, 5.74) is 0. The molecule has 1 rings (SSSR count). The number of likely N-dealkylation sites (N-methyl/N-ethyl adjacent to an activating group) is 1. The van der Waals surface area contributed by atoms with E-state index in [-0.39, 0.29) is 17.7 Å². The molecule has 2 N–H and O–H groups in total. The Bertz CT molecular complexity index is 400. The van der Waals surface area contributed by atoms with Gasteiger partial charge in [0.25, 0.3) is 0 Å². The van der Waals surface area contributed by atoms with E-state index < -0.39 is 18.2 Å². The molecule has 1 saturated heterocycles. The Hall–Kier alpha value is -1.79. The minimum Gasteiger partial charge on any atom is -0.453 e. The average Bonchev–Trinajstić information content (AvgIpc) is 2.99. The lowest BCUT2D eigenvalue weighted by Crippen LogP contribution is -2.55. The minimum atomic E-state index is -0.673. The fourth-order valence-electron chi connectivity index (χ4n) is 2.52. The predicted octanol–water partition coefficient (Wildman–Crippen LogP) is 0.494. The molecule has 0 spiro atoms. The van der Waals surface area contributed by atoms with Gasteiger partial charge in [-0.3, -0.25) is 9.59 Å². The number of alkyl carbamates (subject to hydrolysis) is 1. The first-order valence-electron chi connectivity index (χ1n) is 7.32. The quantitative estimate of drug-likeness (QED) is 0.773. The number of nitrogens with zero attached hydrogens (tertiary/aromatic N) is 1. The summed E-state index contributed by atoms with van der Waals surface area (Å²) in [6.07, 6.45) is 1.54. The number of carbonyl (C=O) groups is 3. The fraction of sp³-hybridized carbons (Fsp3) is 0.786. The molecule has 120 valence electrons. The highest BCUT2D eigenvalue weighted by molar-refractivity contribution is 5.91. The SMILES string of the molecule is CC[C@@H](C)[C@H](NC(=O)OC)C(=O)N1CCCC1C(=O)NC. The van der Waals surface area contributed by atoms with Crippen LogP contribution >= 0.6 is 0 Å². The van der Waals surface area contributed by atoms with Crippen LogP contribution in [0, 0.1) is 5.92 Å². The number of nitrogens with one attached hydrogen (secondary N) is 2. The standard InChI is InChI=1S/C14H25N3O4/c1-5-9(2)11(16-14(20)21-4)13(19)17-8-6-7-10(17)12(18)15-3/h9-11H,5-8H2,1-4H3,(H,15,18)(H,16,20)/t9-,10?,11+/m1/s1. The molecular formula is C14H25N3O4. The molecule has 1 aliphatic rings. The maximum atomic E-state index is 12.7. The summed E-state index contributed by atoms with van der Waals surface area (Å²) in [5.74, 6) is -0.426. The highest BCUT2D eigenvalue weighted by Gasteiger charge is 2.38. The Morgan fingerprint density at radius 1 is 1.38 bits per heavy atom. The van der Waals surface area contributed by atoms with E-state index in [2.05, 4.69) is 15.4 Å². The van der Waals surface area contributed by atoms with E-state index in [4.69, 9.17) is 0 Å². The van der Waals surface area contributed by atoms with Crippen molar-refractivity contribution in [1.82, 2.24) is 15.5 Å². The summed E-state index contributed by atoms with van der Waals surface area (Å²) < 4.78 is 4.58. The highest BCUT2D eigenvalue weighted by Crippen LogP contribution is 2.21. The van der Waals surface area contributed by atoms with Crippen molar-refractivity contribution in [2.24, 2.45) is 5.92 Å². The molecule has 7 nitrogen and oxygen atoms in total. The summed E-state index contributed by atoms with van der Waals surface area (Å²) in [6, 6.07) is -1.12. The van der Waals surface area contributed by atoms with E-state index in [9.17, 15) is 14.4 Å². The molecule has 1 heterocycles. The van der Waals surface area contributed by atoms with E-state index in [1.54, 1.807) is 11.9 Å². The largest absolute Gasteiger partial charge is 0.453 e. The van der Waals surface area contributed by atoms with Crippen LogP contribution in [0.3, 0.4) is 0 Å². The van der Waals surface area contributed by atoms with Crippen molar-refractivity contribution >= 4 is 17.9 Å². The zero-order chi connectivity index (χ0) is 16.0. The number of carbonyl (C=O) groups excluding carboxylic acids is 3. The lowest BCUT2D eigenvalue weighted by atomic mass is 9.97. The van der Waals surface area contributed by atoms with Crippen LogP contribution in [0.2, 0.25) is 0 Å². The van der Waals surface area contributed by atoms with Gasteiger partial charge in [0.1, 0.15) is 12.1 Å². The monoisotopic (exact) mass is 299 g/mol. The van der Waals surface area contributed by atoms with Crippen molar-refractivity contribution in [3.63, 3.8) is 0 Å². The van der Waals surface area contributed by atoms with Gasteiger partial charge >= 0.3 is 6.09 Å². The molecule has 1 unspecified atom stereocenters. The molecule has 1 aliphatic heterocycles. The van der Waals surface area contributed by atoms with Gasteiger partial charge in [0, 0.05) is 13.6 Å². The Morgan fingerprint density at radius 2 is 2.05 bits per heavy atom. The maximum absolute atomic E-state index is 12.7. The zero-order valence-corrected chi connectivity index (χ0v) is 13.1. The third-order valence-electron chi connectivity index (χ3n) is 4.02. The van der Waals surface area contributed by atoms with Crippen LogP contribution in [0.5, 0.6) is 0 Å². The maximum Gasteiger partial charge on any atom is 0.407 e. The molecule has 0 aromatic heterocycles. The second-order valence-electron chi connectivity index (χ2n) is 5.30. The number of methoxy groups -OCH3 is 1. The number of rotatable bonds is 5. The van der Waals surface area contributed by atoms with Gasteiger partial charge in [0.15, 0.2) is 0 Å².